The SMILES string of the molecule is COC(=O)[C@@H](C)N1C(=O)S/C(=C/c2ccc(N3CCCC3)cc2)C1=O. The zero-order valence-corrected chi connectivity index (χ0v) is 15.0. The molecule has 132 valence electrons. The standard InChI is InChI=1S/C18H20N2O4S/c1-12(17(22)24-2)20-16(21)15(25-18(20)23)11-13-5-7-14(8-6-13)19-9-3-4-10-19/h5-8,11-12H,3-4,9-10H2,1-2H3/b15-11+/t12-/m1/s1. The van der Waals surface area contributed by atoms with Crippen LogP contribution in [0.2, 0.25) is 0 Å². The minimum atomic E-state index is -0.930. The molecule has 25 heavy (non-hydrogen) atoms. The van der Waals surface area contributed by atoms with Gasteiger partial charge in [0.05, 0.1) is 12.0 Å². The fourth-order valence-electron chi connectivity index (χ4n) is 3.00. The fourth-order valence-corrected chi connectivity index (χ4v) is 3.91. The summed E-state index contributed by atoms with van der Waals surface area (Å²) in [6.45, 7) is 3.63. The molecule has 3 rings (SSSR count). The molecule has 0 aliphatic carbocycles. The molecule has 2 heterocycles. The van der Waals surface area contributed by atoms with Gasteiger partial charge in [-0.2, -0.15) is 0 Å². The van der Waals surface area contributed by atoms with E-state index in [1.54, 1.807) is 6.08 Å². The van der Waals surface area contributed by atoms with Crippen LogP contribution >= 0.6 is 11.8 Å². The van der Waals surface area contributed by atoms with Gasteiger partial charge in [-0.3, -0.25) is 14.5 Å². The van der Waals surface area contributed by atoms with Crippen LogP contribution in [-0.4, -0.2) is 48.3 Å². The average Bonchev–Trinajstić information content (AvgIpc) is 3.23. The van der Waals surface area contributed by atoms with E-state index in [1.165, 1.54) is 32.6 Å². The van der Waals surface area contributed by atoms with Crippen molar-refractivity contribution in [3.8, 4) is 0 Å². The number of amides is 2. The summed E-state index contributed by atoms with van der Waals surface area (Å²) in [4.78, 5) is 39.8. The summed E-state index contributed by atoms with van der Waals surface area (Å²) in [6, 6.07) is 6.99. The predicted octanol–water partition coefficient (Wildman–Crippen LogP) is 2.88. The lowest BCUT2D eigenvalue weighted by molar-refractivity contribution is -0.148. The molecule has 1 atom stereocenters. The summed E-state index contributed by atoms with van der Waals surface area (Å²) in [5, 5.41) is -0.456. The molecule has 0 bridgehead atoms. The number of carbonyl (C=O) groups excluding carboxylic acids is 3. The van der Waals surface area contributed by atoms with Crippen molar-refractivity contribution in [3.05, 3.63) is 34.7 Å². The second kappa shape index (κ2) is 7.31. The smallest absolute Gasteiger partial charge is 0.328 e. The number of hydrogen-bond acceptors (Lipinski definition) is 6. The molecule has 0 radical (unpaired) electrons. The maximum Gasteiger partial charge on any atom is 0.328 e. The van der Waals surface area contributed by atoms with Crippen LogP contribution < -0.4 is 4.90 Å². The maximum atomic E-state index is 12.5. The van der Waals surface area contributed by atoms with Crippen molar-refractivity contribution in [3.63, 3.8) is 0 Å². The molecule has 0 spiro atoms. The monoisotopic (exact) mass is 360 g/mol. The van der Waals surface area contributed by atoms with Crippen LogP contribution in [0.4, 0.5) is 10.5 Å². The third kappa shape index (κ3) is 3.56. The lowest BCUT2D eigenvalue weighted by atomic mass is 10.1. The molecule has 0 aromatic heterocycles. The minimum absolute atomic E-state index is 0.315. The first-order valence-corrected chi connectivity index (χ1v) is 9.03. The van der Waals surface area contributed by atoms with E-state index in [4.69, 9.17) is 0 Å². The van der Waals surface area contributed by atoms with Gasteiger partial charge in [0, 0.05) is 18.8 Å². The first kappa shape index (κ1) is 17.5. The van der Waals surface area contributed by atoms with E-state index in [0.717, 1.165) is 35.3 Å². The highest BCUT2D eigenvalue weighted by Gasteiger charge is 2.41. The van der Waals surface area contributed by atoms with Gasteiger partial charge >= 0.3 is 5.97 Å². The highest BCUT2D eigenvalue weighted by molar-refractivity contribution is 8.18. The Bertz CT molecular complexity index is 723. The Hall–Kier alpha value is -2.28. The molecule has 2 fully saturated rings. The summed E-state index contributed by atoms with van der Waals surface area (Å²) in [5.74, 6) is -1.07. The Labute approximate surface area is 150 Å². The molecule has 2 amide bonds. The number of hydrogen-bond donors (Lipinski definition) is 0. The Kier molecular flexibility index (Phi) is 5.13. The van der Waals surface area contributed by atoms with Gasteiger partial charge in [-0.25, -0.2) is 4.79 Å². The number of rotatable bonds is 4. The molecule has 2 saturated heterocycles. The van der Waals surface area contributed by atoms with Crippen LogP contribution in [0.25, 0.3) is 6.08 Å². The van der Waals surface area contributed by atoms with Gasteiger partial charge in [-0.05, 0) is 55.3 Å². The van der Waals surface area contributed by atoms with E-state index in [-0.39, 0.29) is 0 Å². The Morgan fingerprint density at radius 2 is 1.84 bits per heavy atom. The van der Waals surface area contributed by atoms with Crippen molar-refractivity contribution >= 4 is 40.6 Å². The largest absolute Gasteiger partial charge is 0.467 e. The van der Waals surface area contributed by atoms with E-state index in [1.807, 2.05) is 24.3 Å². The quantitative estimate of drug-likeness (QED) is 0.608. The Morgan fingerprint density at radius 1 is 1.20 bits per heavy atom. The number of anilines is 1. The number of thioether (sulfide) groups is 1. The molecular weight excluding hydrogens is 340 g/mol. The van der Waals surface area contributed by atoms with E-state index in [9.17, 15) is 14.4 Å². The van der Waals surface area contributed by atoms with Crippen LogP contribution in [0, 0.1) is 0 Å². The third-order valence-corrected chi connectivity index (χ3v) is 5.30. The topological polar surface area (TPSA) is 66.9 Å². The number of imide groups is 1. The van der Waals surface area contributed by atoms with Gasteiger partial charge in [0.2, 0.25) is 0 Å². The molecule has 0 N–H and O–H groups in total. The number of carbonyl (C=O) groups is 3. The molecule has 2 aliphatic rings. The lowest BCUT2D eigenvalue weighted by Crippen LogP contribution is -2.42. The average molecular weight is 360 g/mol. The third-order valence-electron chi connectivity index (χ3n) is 4.42. The summed E-state index contributed by atoms with van der Waals surface area (Å²) in [7, 11) is 1.23. The zero-order valence-electron chi connectivity index (χ0n) is 14.2. The number of esters is 1. The van der Waals surface area contributed by atoms with Gasteiger partial charge in [-0.15, -0.1) is 0 Å². The minimum Gasteiger partial charge on any atom is -0.467 e. The molecule has 0 saturated carbocycles. The first-order valence-electron chi connectivity index (χ1n) is 8.21. The lowest BCUT2D eigenvalue weighted by Gasteiger charge is -2.18. The van der Waals surface area contributed by atoms with Crippen LogP contribution in [0.1, 0.15) is 25.3 Å². The van der Waals surface area contributed by atoms with Gasteiger partial charge in [0.1, 0.15) is 6.04 Å². The maximum absolute atomic E-state index is 12.5. The normalized spacial score (nSPS) is 20.5. The zero-order chi connectivity index (χ0) is 18.0. The van der Waals surface area contributed by atoms with Crippen LogP contribution in [0.3, 0.4) is 0 Å². The second-order valence-electron chi connectivity index (χ2n) is 6.04. The van der Waals surface area contributed by atoms with Gasteiger partial charge in [-0.1, -0.05) is 12.1 Å². The van der Waals surface area contributed by atoms with Crippen LogP contribution in [0.5, 0.6) is 0 Å². The fraction of sp³-hybridized carbons (Fsp3) is 0.389. The number of benzene rings is 1. The van der Waals surface area contributed by atoms with Gasteiger partial charge < -0.3 is 9.64 Å². The summed E-state index contributed by atoms with van der Waals surface area (Å²) >= 11 is 0.843. The van der Waals surface area contributed by atoms with E-state index in [0.29, 0.717) is 4.91 Å². The van der Waals surface area contributed by atoms with Gasteiger partial charge in [0.25, 0.3) is 11.1 Å². The summed E-state index contributed by atoms with van der Waals surface area (Å²) in [5.41, 5.74) is 2.02. The number of ether oxygens (including phenoxy) is 1. The molecule has 2 aliphatic heterocycles. The van der Waals surface area contributed by atoms with E-state index < -0.39 is 23.2 Å². The molecule has 6 nitrogen and oxygen atoms in total. The van der Waals surface area contributed by atoms with Crippen molar-refractivity contribution in [2.24, 2.45) is 0 Å². The van der Waals surface area contributed by atoms with Gasteiger partial charge in [0.15, 0.2) is 0 Å². The van der Waals surface area contributed by atoms with Crippen molar-refractivity contribution in [2.45, 2.75) is 25.8 Å². The van der Waals surface area contributed by atoms with Crippen molar-refractivity contribution in [2.75, 3.05) is 25.1 Å². The Balaban J connectivity index is 1.76. The Morgan fingerprint density at radius 3 is 2.44 bits per heavy atom. The second-order valence-corrected chi connectivity index (χ2v) is 7.03. The molecular formula is C18H20N2O4S. The summed E-state index contributed by atoms with van der Waals surface area (Å²) in [6.07, 6.45) is 4.11. The highest BCUT2D eigenvalue weighted by Crippen LogP contribution is 2.34. The highest BCUT2D eigenvalue weighted by atomic mass is 32.2. The molecule has 0 unspecified atom stereocenters. The predicted molar refractivity (Wildman–Crippen MR) is 97.2 cm³/mol. The van der Waals surface area contributed by atoms with E-state index in [2.05, 4.69) is 9.64 Å². The van der Waals surface area contributed by atoms with E-state index >= 15 is 0 Å². The molecule has 1 aromatic carbocycles. The first-order chi connectivity index (χ1) is 12.0. The van der Waals surface area contributed by atoms with Crippen LogP contribution in [-0.2, 0) is 14.3 Å². The number of nitrogens with zero attached hydrogens (tertiary/aromatic N) is 2. The van der Waals surface area contributed by atoms with Crippen LogP contribution in [0.15, 0.2) is 29.2 Å². The molecule has 1 aromatic rings. The summed E-state index contributed by atoms with van der Waals surface area (Å²) < 4.78 is 4.62. The van der Waals surface area contributed by atoms with Crippen molar-refractivity contribution in [1.82, 2.24) is 4.90 Å². The van der Waals surface area contributed by atoms with Crippen molar-refractivity contribution in [1.29, 1.82) is 0 Å². The molecule has 7 heteroatoms. The van der Waals surface area contributed by atoms with Crippen molar-refractivity contribution < 1.29 is 19.1 Å². The number of methoxy groups -OCH3 is 1.